The zero-order valence-electron chi connectivity index (χ0n) is 17.9. The molecule has 0 bridgehead atoms. The molecule has 2 saturated heterocycles. The van der Waals surface area contributed by atoms with Crippen molar-refractivity contribution in [1.29, 1.82) is 0 Å². The minimum Gasteiger partial charge on any atom is -0.371 e. The summed E-state index contributed by atoms with van der Waals surface area (Å²) in [6.07, 6.45) is 5.97. The van der Waals surface area contributed by atoms with E-state index < -0.39 is 6.04 Å². The van der Waals surface area contributed by atoms with Crippen LogP contribution in [0.4, 0.5) is 5.69 Å². The highest BCUT2D eigenvalue weighted by molar-refractivity contribution is 7.09. The average Bonchev–Trinajstić information content (AvgIpc) is 3.24. The van der Waals surface area contributed by atoms with Crippen LogP contribution in [-0.4, -0.2) is 50.1 Å². The lowest BCUT2D eigenvalue weighted by molar-refractivity contribution is -0.122. The first-order chi connectivity index (χ1) is 15.2. The summed E-state index contributed by atoms with van der Waals surface area (Å²) >= 11 is 1.82. The highest BCUT2D eigenvalue weighted by atomic mass is 32.1. The maximum atomic E-state index is 12.6. The van der Waals surface area contributed by atoms with Gasteiger partial charge < -0.3 is 20.9 Å². The highest BCUT2D eigenvalue weighted by Crippen LogP contribution is 2.21. The van der Waals surface area contributed by atoms with Crippen LogP contribution >= 0.6 is 11.3 Å². The summed E-state index contributed by atoms with van der Waals surface area (Å²) in [6, 6.07) is 12.2. The van der Waals surface area contributed by atoms with Gasteiger partial charge >= 0.3 is 0 Å². The van der Waals surface area contributed by atoms with Gasteiger partial charge in [0.05, 0.1) is 0 Å². The fourth-order valence-electron chi connectivity index (χ4n) is 4.34. The Labute approximate surface area is 188 Å². The topological polar surface area (TPSA) is 73.5 Å². The molecular formula is C24H32N4O2S. The number of hydrogen-bond donors (Lipinski definition) is 3. The van der Waals surface area contributed by atoms with E-state index in [0.29, 0.717) is 24.6 Å². The highest BCUT2D eigenvalue weighted by Gasteiger charge is 2.23. The van der Waals surface area contributed by atoms with Crippen molar-refractivity contribution >= 4 is 28.8 Å². The maximum absolute atomic E-state index is 12.6. The monoisotopic (exact) mass is 440 g/mol. The first-order valence-electron chi connectivity index (χ1n) is 11.4. The Morgan fingerprint density at radius 2 is 1.90 bits per heavy atom. The Kier molecular flexibility index (Phi) is 7.59. The lowest BCUT2D eigenvalue weighted by Gasteiger charge is -2.34. The molecule has 1 atom stereocenters. The van der Waals surface area contributed by atoms with Crippen molar-refractivity contribution in [3.8, 4) is 0 Å². The number of piperidine rings is 1. The third-order valence-corrected chi connectivity index (χ3v) is 7.15. The van der Waals surface area contributed by atoms with Gasteiger partial charge in [-0.3, -0.25) is 9.59 Å². The molecule has 31 heavy (non-hydrogen) atoms. The summed E-state index contributed by atoms with van der Waals surface area (Å²) in [6.45, 7) is 3.77. The number of hydrogen-bond acceptors (Lipinski definition) is 5. The Hall–Kier alpha value is -2.38. The van der Waals surface area contributed by atoms with Crippen molar-refractivity contribution in [3.63, 3.8) is 0 Å². The second kappa shape index (κ2) is 10.8. The number of carbonyl (C=O) groups excluding carboxylic acids is 2. The molecule has 2 aliphatic heterocycles. The summed E-state index contributed by atoms with van der Waals surface area (Å²) < 4.78 is 0. The zero-order valence-corrected chi connectivity index (χ0v) is 18.8. The van der Waals surface area contributed by atoms with Gasteiger partial charge in [0.2, 0.25) is 5.91 Å². The van der Waals surface area contributed by atoms with E-state index in [2.05, 4.69) is 38.4 Å². The van der Waals surface area contributed by atoms with E-state index >= 15 is 0 Å². The van der Waals surface area contributed by atoms with Crippen molar-refractivity contribution in [3.05, 3.63) is 52.2 Å². The van der Waals surface area contributed by atoms with Crippen LogP contribution in [0, 0.1) is 0 Å². The van der Waals surface area contributed by atoms with Crippen molar-refractivity contribution in [2.45, 2.75) is 50.6 Å². The normalized spacial score (nSPS) is 20.2. The van der Waals surface area contributed by atoms with Gasteiger partial charge in [-0.15, -0.1) is 11.3 Å². The number of thiophene rings is 1. The van der Waals surface area contributed by atoms with Gasteiger partial charge in [0.1, 0.15) is 6.04 Å². The number of amides is 2. The van der Waals surface area contributed by atoms with E-state index in [1.54, 1.807) is 0 Å². The largest absolute Gasteiger partial charge is 0.371 e. The van der Waals surface area contributed by atoms with Crippen LogP contribution in [0.25, 0.3) is 0 Å². The predicted octanol–water partition coefficient (Wildman–Crippen LogP) is 2.95. The van der Waals surface area contributed by atoms with E-state index in [-0.39, 0.29) is 11.8 Å². The first-order valence-corrected chi connectivity index (χ1v) is 12.3. The molecule has 2 aromatic rings. The predicted molar refractivity (Wildman–Crippen MR) is 126 cm³/mol. The van der Waals surface area contributed by atoms with Gasteiger partial charge in [0, 0.05) is 48.3 Å². The number of rotatable bonds is 7. The van der Waals surface area contributed by atoms with Crippen molar-refractivity contribution in [2.24, 2.45) is 0 Å². The summed E-state index contributed by atoms with van der Waals surface area (Å²) in [4.78, 5) is 28.5. The second-order valence-corrected chi connectivity index (χ2v) is 9.44. The fourth-order valence-corrected chi connectivity index (χ4v) is 5.05. The van der Waals surface area contributed by atoms with Crippen LogP contribution in [-0.2, 0) is 11.2 Å². The summed E-state index contributed by atoms with van der Waals surface area (Å²) in [5, 5.41) is 11.6. The number of nitrogens with one attached hydrogen (secondary N) is 3. The minimum atomic E-state index is -0.430. The molecule has 166 valence electrons. The number of anilines is 1. The molecular weight excluding hydrogens is 408 g/mol. The maximum Gasteiger partial charge on any atom is 0.251 e. The fraction of sp³-hybridized carbons (Fsp3) is 0.500. The quantitative estimate of drug-likeness (QED) is 0.619. The first kappa shape index (κ1) is 21.8. The molecule has 2 fully saturated rings. The zero-order chi connectivity index (χ0) is 21.5. The van der Waals surface area contributed by atoms with Crippen LogP contribution in [0.3, 0.4) is 0 Å². The SMILES string of the molecule is O=C(N[C@H]1CCCCNC1=O)c1ccc(N2CCC(NCCc3cccs3)CC2)cc1. The van der Waals surface area contributed by atoms with Gasteiger partial charge in [0.25, 0.3) is 5.91 Å². The minimum absolute atomic E-state index is 0.0747. The third kappa shape index (κ3) is 6.08. The molecule has 0 spiro atoms. The third-order valence-electron chi connectivity index (χ3n) is 6.21. The molecule has 6 nitrogen and oxygen atoms in total. The van der Waals surface area contributed by atoms with E-state index in [4.69, 9.17) is 0 Å². The summed E-state index contributed by atoms with van der Waals surface area (Å²) in [5.41, 5.74) is 1.76. The van der Waals surface area contributed by atoms with Crippen LogP contribution in [0.1, 0.15) is 47.3 Å². The number of nitrogens with zero attached hydrogens (tertiary/aromatic N) is 1. The van der Waals surface area contributed by atoms with Gasteiger partial charge in [0.15, 0.2) is 0 Å². The van der Waals surface area contributed by atoms with Gasteiger partial charge in [-0.1, -0.05) is 6.07 Å². The van der Waals surface area contributed by atoms with Crippen molar-refractivity contribution in [2.75, 3.05) is 31.1 Å². The van der Waals surface area contributed by atoms with Gasteiger partial charge in [-0.25, -0.2) is 0 Å². The molecule has 3 heterocycles. The van der Waals surface area contributed by atoms with Crippen molar-refractivity contribution in [1.82, 2.24) is 16.0 Å². The van der Waals surface area contributed by atoms with E-state index in [1.165, 1.54) is 4.88 Å². The molecule has 2 aliphatic rings. The van der Waals surface area contributed by atoms with Crippen molar-refractivity contribution < 1.29 is 9.59 Å². The lowest BCUT2D eigenvalue weighted by Crippen LogP contribution is -2.45. The molecule has 1 aromatic carbocycles. The molecule has 0 unspecified atom stereocenters. The standard InChI is InChI=1S/C24H32N4O2S/c29-23(27-22-5-1-2-13-26-24(22)30)18-6-8-20(9-7-18)28-15-11-19(12-16-28)25-14-10-21-4-3-17-31-21/h3-4,6-9,17,19,22,25H,1-2,5,10-16H2,(H,26,30)(H,27,29)/t22-/m0/s1. The van der Waals surface area contributed by atoms with Crippen LogP contribution in [0.2, 0.25) is 0 Å². The van der Waals surface area contributed by atoms with Crippen LogP contribution in [0.15, 0.2) is 41.8 Å². The molecule has 2 amide bonds. The average molecular weight is 441 g/mol. The second-order valence-electron chi connectivity index (χ2n) is 8.40. The van der Waals surface area contributed by atoms with Crippen LogP contribution < -0.4 is 20.9 Å². The van der Waals surface area contributed by atoms with Crippen LogP contribution in [0.5, 0.6) is 0 Å². The molecule has 0 radical (unpaired) electrons. The molecule has 4 rings (SSSR count). The molecule has 0 aliphatic carbocycles. The number of carbonyl (C=O) groups is 2. The summed E-state index contributed by atoms with van der Waals surface area (Å²) in [7, 11) is 0. The van der Waals surface area contributed by atoms with E-state index in [0.717, 1.165) is 57.4 Å². The molecule has 3 N–H and O–H groups in total. The lowest BCUT2D eigenvalue weighted by atomic mass is 10.0. The van der Waals surface area contributed by atoms with Gasteiger partial charge in [-0.05, 0) is 74.2 Å². The Bertz CT molecular complexity index is 845. The van der Waals surface area contributed by atoms with E-state index in [9.17, 15) is 9.59 Å². The molecule has 1 aromatic heterocycles. The Morgan fingerprint density at radius 1 is 1.10 bits per heavy atom. The van der Waals surface area contributed by atoms with Gasteiger partial charge in [-0.2, -0.15) is 0 Å². The molecule has 7 heteroatoms. The summed E-state index contributed by atoms with van der Waals surface area (Å²) in [5.74, 6) is -0.253. The smallest absolute Gasteiger partial charge is 0.251 e. The number of benzene rings is 1. The molecule has 0 saturated carbocycles. The Morgan fingerprint density at radius 3 is 2.65 bits per heavy atom. The van der Waals surface area contributed by atoms with E-state index in [1.807, 2.05) is 35.6 Å². The Balaban J connectivity index is 1.23.